The van der Waals surface area contributed by atoms with Gasteiger partial charge in [0.2, 0.25) is 0 Å². The van der Waals surface area contributed by atoms with Gasteiger partial charge in [-0.15, -0.1) is 0 Å². The highest BCUT2D eigenvalue weighted by molar-refractivity contribution is 4.91. The van der Waals surface area contributed by atoms with Crippen molar-refractivity contribution in [2.45, 2.75) is 38.2 Å². The van der Waals surface area contributed by atoms with Crippen LogP contribution in [0.15, 0.2) is 0 Å². The van der Waals surface area contributed by atoms with E-state index >= 15 is 0 Å². The Hall–Kier alpha value is -0.160. The second-order valence-corrected chi connectivity index (χ2v) is 6.48. The van der Waals surface area contributed by atoms with E-state index in [1.54, 1.807) is 0 Å². The Balaban J connectivity index is 1.35. The average molecular weight is 269 g/mol. The van der Waals surface area contributed by atoms with Gasteiger partial charge in [-0.05, 0) is 56.5 Å². The van der Waals surface area contributed by atoms with Crippen LogP contribution in [-0.4, -0.2) is 52.2 Å². The highest BCUT2D eigenvalue weighted by Gasteiger charge is 2.40. The van der Waals surface area contributed by atoms with E-state index in [1.165, 1.54) is 19.3 Å². The number of ether oxygens (including phenoxy) is 3. The van der Waals surface area contributed by atoms with Gasteiger partial charge < -0.3 is 19.5 Å². The minimum Gasteiger partial charge on any atom is -0.381 e. The van der Waals surface area contributed by atoms with Gasteiger partial charge in [0, 0.05) is 19.8 Å². The van der Waals surface area contributed by atoms with Gasteiger partial charge in [-0.25, -0.2) is 0 Å². The van der Waals surface area contributed by atoms with Crippen LogP contribution in [0.4, 0.5) is 0 Å². The Morgan fingerprint density at radius 3 is 2.68 bits per heavy atom. The number of rotatable bonds is 4. The fourth-order valence-electron chi connectivity index (χ4n) is 3.59. The lowest BCUT2D eigenvalue weighted by Crippen LogP contribution is -2.37. The van der Waals surface area contributed by atoms with Gasteiger partial charge in [-0.2, -0.15) is 0 Å². The number of nitrogens with one attached hydrogen (secondary N) is 1. The molecule has 110 valence electrons. The molecule has 3 saturated heterocycles. The second kappa shape index (κ2) is 6.53. The molecule has 1 atom stereocenters. The molecule has 0 aromatic carbocycles. The summed E-state index contributed by atoms with van der Waals surface area (Å²) in [7, 11) is 0. The minimum atomic E-state index is 0.331. The van der Waals surface area contributed by atoms with Crippen LogP contribution in [0.5, 0.6) is 0 Å². The van der Waals surface area contributed by atoms with E-state index in [2.05, 4.69) is 5.32 Å². The standard InChI is InChI=1S/C15H27NO3/c1-7-17-8-2-13(1)10-18-11-14-9-15(12-19-14)3-5-16-6-4-15/h13-14,16H,1-12H2/t14-/m1/s1. The molecule has 0 aromatic rings. The summed E-state index contributed by atoms with van der Waals surface area (Å²) in [4.78, 5) is 0. The number of hydrogen-bond acceptors (Lipinski definition) is 4. The predicted molar refractivity (Wildman–Crippen MR) is 73.3 cm³/mol. The molecule has 4 nitrogen and oxygen atoms in total. The molecule has 1 spiro atoms. The monoisotopic (exact) mass is 269 g/mol. The zero-order valence-electron chi connectivity index (χ0n) is 11.9. The van der Waals surface area contributed by atoms with Crippen LogP contribution in [0.25, 0.3) is 0 Å². The summed E-state index contributed by atoms with van der Waals surface area (Å²) in [6, 6.07) is 0. The Morgan fingerprint density at radius 2 is 1.89 bits per heavy atom. The molecule has 3 heterocycles. The first-order valence-electron chi connectivity index (χ1n) is 7.84. The Labute approximate surface area is 116 Å². The lowest BCUT2D eigenvalue weighted by atomic mass is 9.77. The number of piperidine rings is 1. The molecule has 0 radical (unpaired) electrons. The highest BCUT2D eigenvalue weighted by atomic mass is 16.5. The van der Waals surface area contributed by atoms with Crippen LogP contribution in [0.2, 0.25) is 0 Å². The van der Waals surface area contributed by atoms with E-state index in [-0.39, 0.29) is 0 Å². The summed E-state index contributed by atoms with van der Waals surface area (Å²) in [6.45, 7) is 6.73. The molecule has 3 fully saturated rings. The quantitative estimate of drug-likeness (QED) is 0.841. The highest BCUT2D eigenvalue weighted by Crippen LogP contribution is 2.40. The first kappa shape index (κ1) is 13.8. The predicted octanol–water partition coefficient (Wildman–Crippen LogP) is 1.59. The van der Waals surface area contributed by atoms with Gasteiger partial charge in [-0.3, -0.25) is 0 Å². The van der Waals surface area contributed by atoms with Gasteiger partial charge in [-0.1, -0.05) is 0 Å². The second-order valence-electron chi connectivity index (χ2n) is 6.48. The Kier molecular flexibility index (Phi) is 4.74. The minimum absolute atomic E-state index is 0.331. The number of hydrogen-bond donors (Lipinski definition) is 1. The van der Waals surface area contributed by atoms with Gasteiger partial charge in [0.1, 0.15) is 0 Å². The van der Waals surface area contributed by atoms with Crippen LogP contribution >= 0.6 is 0 Å². The van der Waals surface area contributed by atoms with E-state index in [1.807, 2.05) is 0 Å². The van der Waals surface area contributed by atoms with Crippen LogP contribution < -0.4 is 5.32 Å². The van der Waals surface area contributed by atoms with E-state index in [0.717, 1.165) is 59.0 Å². The van der Waals surface area contributed by atoms with Crippen molar-refractivity contribution >= 4 is 0 Å². The third kappa shape index (κ3) is 3.69. The summed E-state index contributed by atoms with van der Waals surface area (Å²) in [5.41, 5.74) is 0.456. The maximum atomic E-state index is 5.96. The van der Waals surface area contributed by atoms with Crippen LogP contribution in [0.3, 0.4) is 0 Å². The van der Waals surface area contributed by atoms with Crippen molar-refractivity contribution in [2.75, 3.05) is 46.1 Å². The molecule has 0 bridgehead atoms. The van der Waals surface area contributed by atoms with Crippen LogP contribution in [0, 0.1) is 11.3 Å². The van der Waals surface area contributed by atoms with Crippen molar-refractivity contribution in [1.29, 1.82) is 0 Å². The molecule has 19 heavy (non-hydrogen) atoms. The molecule has 0 aromatic heterocycles. The van der Waals surface area contributed by atoms with Crippen LogP contribution in [0.1, 0.15) is 32.1 Å². The first-order chi connectivity index (χ1) is 9.36. The maximum absolute atomic E-state index is 5.96. The maximum Gasteiger partial charge on any atom is 0.0814 e. The summed E-state index contributed by atoms with van der Waals surface area (Å²) in [6.07, 6.45) is 6.37. The fourth-order valence-corrected chi connectivity index (χ4v) is 3.59. The largest absolute Gasteiger partial charge is 0.381 e. The average Bonchev–Trinajstić information content (AvgIpc) is 2.84. The molecular weight excluding hydrogens is 242 g/mol. The fraction of sp³-hybridized carbons (Fsp3) is 1.00. The zero-order valence-corrected chi connectivity index (χ0v) is 11.9. The Morgan fingerprint density at radius 1 is 1.11 bits per heavy atom. The van der Waals surface area contributed by atoms with Crippen molar-refractivity contribution in [3.63, 3.8) is 0 Å². The van der Waals surface area contributed by atoms with Gasteiger partial charge >= 0.3 is 0 Å². The molecule has 4 heteroatoms. The molecule has 3 rings (SSSR count). The van der Waals surface area contributed by atoms with E-state index in [4.69, 9.17) is 14.2 Å². The third-order valence-electron chi connectivity index (χ3n) is 4.95. The van der Waals surface area contributed by atoms with Gasteiger partial charge in [0.15, 0.2) is 0 Å². The van der Waals surface area contributed by atoms with Crippen molar-refractivity contribution in [1.82, 2.24) is 5.32 Å². The van der Waals surface area contributed by atoms with Gasteiger partial charge in [0.25, 0.3) is 0 Å². The summed E-state index contributed by atoms with van der Waals surface area (Å²) >= 11 is 0. The molecule has 1 N–H and O–H groups in total. The summed E-state index contributed by atoms with van der Waals surface area (Å²) < 4.78 is 17.2. The molecule has 0 unspecified atom stereocenters. The van der Waals surface area contributed by atoms with Crippen molar-refractivity contribution in [3.8, 4) is 0 Å². The van der Waals surface area contributed by atoms with Crippen molar-refractivity contribution < 1.29 is 14.2 Å². The lowest BCUT2D eigenvalue weighted by molar-refractivity contribution is -0.0179. The molecule has 0 amide bonds. The van der Waals surface area contributed by atoms with Crippen molar-refractivity contribution in [2.24, 2.45) is 11.3 Å². The van der Waals surface area contributed by atoms with Crippen molar-refractivity contribution in [3.05, 3.63) is 0 Å². The molecule has 0 saturated carbocycles. The molecule has 0 aliphatic carbocycles. The lowest BCUT2D eigenvalue weighted by Gasteiger charge is -2.32. The van der Waals surface area contributed by atoms with E-state index in [9.17, 15) is 0 Å². The normalized spacial score (nSPS) is 31.9. The third-order valence-corrected chi connectivity index (χ3v) is 4.95. The van der Waals surface area contributed by atoms with E-state index < -0.39 is 0 Å². The summed E-state index contributed by atoms with van der Waals surface area (Å²) in [5.74, 6) is 0.697. The van der Waals surface area contributed by atoms with E-state index in [0.29, 0.717) is 17.4 Å². The van der Waals surface area contributed by atoms with Gasteiger partial charge in [0.05, 0.1) is 19.3 Å². The Bertz CT molecular complexity index is 273. The SMILES string of the molecule is C1CC2(CCN1)CO[C@@H](COCC1CCOCC1)C2. The molecular formula is C15H27NO3. The zero-order chi connectivity index (χ0) is 13.0. The topological polar surface area (TPSA) is 39.7 Å². The molecule has 3 aliphatic rings. The smallest absolute Gasteiger partial charge is 0.0814 e. The first-order valence-corrected chi connectivity index (χ1v) is 7.84. The molecule has 3 aliphatic heterocycles. The van der Waals surface area contributed by atoms with Crippen LogP contribution in [-0.2, 0) is 14.2 Å². The summed E-state index contributed by atoms with van der Waals surface area (Å²) in [5, 5.41) is 3.44.